The summed E-state index contributed by atoms with van der Waals surface area (Å²) < 4.78 is 24.8. The predicted octanol–water partition coefficient (Wildman–Crippen LogP) is 5.07. The molecule has 0 radical (unpaired) electrons. The van der Waals surface area contributed by atoms with E-state index in [0.29, 0.717) is 68.0 Å². The van der Waals surface area contributed by atoms with Gasteiger partial charge in [0.2, 0.25) is 0 Å². The molecule has 12 heteroatoms. The number of nitrogens with zero attached hydrogens (tertiary/aromatic N) is 3. The second-order valence-corrected chi connectivity index (χ2v) is 10.8. The van der Waals surface area contributed by atoms with E-state index >= 15 is 0 Å². The maximum Gasteiger partial charge on any atom is 0.338 e. The molecule has 0 fully saturated rings. The number of furan rings is 1. The van der Waals surface area contributed by atoms with Gasteiger partial charge in [0.1, 0.15) is 11.5 Å². The highest BCUT2D eigenvalue weighted by atomic mass is 32.1. The fourth-order valence-electron chi connectivity index (χ4n) is 5.09. The second-order valence-electron chi connectivity index (χ2n) is 9.83. The minimum Gasteiger partial charge on any atom is -0.490 e. The summed E-state index contributed by atoms with van der Waals surface area (Å²) in [6, 6.07) is 12.5. The molecule has 0 N–H and O–H groups in total. The zero-order valence-corrected chi connectivity index (χ0v) is 25.7. The summed E-state index contributed by atoms with van der Waals surface area (Å²) in [5.41, 5.74) is 2.36. The van der Waals surface area contributed by atoms with Gasteiger partial charge in [0.05, 0.1) is 46.6 Å². The number of hydrogen-bond acceptors (Lipinski definition) is 10. The van der Waals surface area contributed by atoms with Crippen LogP contribution in [-0.4, -0.2) is 35.3 Å². The van der Waals surface area contributed by atoms with Crippen molar-refractivity contribution in [2.75, 3.05) is 19.8 Å². The van der Waals surface area contributed by atoms with Gasteiger partial charge < -0.3 is 18.6 Å². The van der Waals surface area contributed by atoms with E-state index in [9.17, 15) is 19.7 Å². The Labute approximate surface area is 256 Å². The van der Waals surface area contributed by atoms with Gasteiger partial charge in [0.25, 0.3) is 11.2 Å². The fourth-order valence-corrected chi connectivity index (χ4v) is 6.11. The molecule has 44 heavy (non-hydrogen) atoms. The number of thiazole rings is 1. The van der Waals surface area contributed by atoms with Crippen LogP contribution in [0.2, 0.25) is 0 Å². The lowest BCUT2D eigenvalue weighted by Gasteiger charge is -2.25. The van der Waals surface area contributed by atoms with E-state index in [4.69, 9.17) is 18.6 Å². The number of aromatic nitrogens is 1. The third-order valence-corrected chi connectivity index (χ3v) is 7.97. The number of nitro benzene ring substituents is 1. The molecular formula is C32H31N3O8S. The van der Waals surface area contributed by atoms with Gasteiger partial charge >= 0.3 is 5.97 Å². The van der Waals surface area contributed by atoms with Crippen molar-refractivity contribution in [2.24, 2.45) is 4.99 Å². The molecule has 11 nitrogen and oxygen atoms in total. The lowest BCUT2D eigenvalue weighted by molar-refractivity contribution is -0.384. The van der Waals surface area contributed by atoms with Crippen molar-refractivity contribution in [1.82, 2.24) is 4.57 Å². The number of rotatable bonds is 10. The maximum absolute atomic E-state index is 14.0. The lowest BCUT2D eigenvalue weighted by atomic mass is 9.95. The van der Waals surface area contributed by atoms with Crippen LogP contribution < -0.4 is 24.4 Å². The van der Waals surface area contributed by atoms with Gasteiger partial charge in [-0.15, -0.1) is 0 Å². The number of nitro groups is 1. The molecule has 0 amide bonds. The molecule has 228 valence electrons. The van der Waals surface area contributed by atoms with E-state index in [-0.39, 0.29) is 23.4 Å². The number of carbonyl (C=O) groups excluding carboxylic acids is 1. The molecule has 0 bridgehead atoms. The van der Waals surface area contributed by atoms with Gasteiger partial charge in [-0.2, -0.15) is 0 Å². The standard InChI is InChI=1S/C32H31N3O8S/c1-6-40-25-13-9-20(16-26(25)41-7-2)29-28(31(37)42-8-3)19(5)33-32-34(29)30(36)27(44-32)17-22-11-14-24(43-22)23-12-10-21(35(38)39)15-18(23)4/h9-17,29H,6-8H2,1-5H3/b27-17-/t29-/m0/s1. The maximum atomic E-state index is 14.0. The second kappa shape index (κ2) is 12.7. The van der Waals surface area contributed by atoms with E-state index in [1.165, 1.54) is 28.0 Å². The minimum absolute atomic E-state index is 0.00733. The highest BCUT2D eigenvalue weighted by Crippen LogP contribution is 2.36. The minimum atomic E-state index is -0.822. The largest absolute Gasteiger partial charge is 0.490 e. The van der Waals surface area contributed by atoms with E-state index in [1.54, 1.807) is 63.2 Å². The predicted molar refractivity (Wildman–Crippen MR) is 165 cm³/mol. The number of hydrogen-bond donors (Lipinski definition) is 0. The van der Waals surface area contributed by atoms with Crippen LogP contribution in [-0.2, 0) is 9.53 Å². The van der Waals surface area contributed by atoms with Crippen molar-refractivity contribution in [2.45, 2.75) is 40.7 Å². The van der Waals surface area contributed by atoms with Crippen LogP contribution in [0.1, 0.15) is 50.6 Å². The number of benzene rings is 2. The monoisotopic (exact) mass is 617 g/mol. The SMILES string of the molecule is CCOC(=O)C1=C(C)N=c2s/c(=C\c3ccc(-c4ccc([N+](=O)[O-])cc4C)o3)c(=O)n2[C@H]1c1ccc(OCC)c(OCC)c1. The zero-order valence-electron chi connectivity index (χ0n) is 24.9. The average molecular weight is 618 g/mol. The van der Waals surface area contributed by atoms with Crippen LogP contribution in [0.3, 0.4) is 0 Å². The molecule has 3 heterocycles. The smallest absolute Gasteiger partial charge is 0.338 e. The fraction of sp³-hybridized carbons (Fsp3) is 0.281. The Balaban J connectivity index is 1.63. The van der Waals surface area contributed by atoms with Crippen molar-refractivity contribution in [3.05, 3.63) is 106 Å². The van der Waals surface area contributed by atoms with E-state index < -0.39 is 16.9 Å². The van der Waals surface area contributed by atoms with Crippen LogP contribution in [0.4, 0.5) is 5.69 Å². The molecule has 0 aliphatic carbocycles. The Morgan fingerprint density at radius 2 is 1.80 bits per heavy atom. The average Bonchev–Trinajstić information content (AvgIpc) is 3.57. The molecule has 0 saturated carbocycles. The number of ether oxygens (including phenoxy) is 3. The Bertz CT molecular complexity index is 1970. The van der Waals surface area contributed by atoms with Gasteiger partial charge in [-0.1, -0.05) is 17.4 Å². The summed E-state index contributed by atoms with van der Waals surface area (Å²) >= 11 is 1.18. The molecular weight excluding hydrogens is 586 g/mol. The number of non-ortho nitro benzene ring substituents is 1. The Hall–Kier alpha value is -4.97. The summed E-state index contributed by atoms with van der Waals surface area (Å²) in [4.78, 5) is 43.0. The van der Waals surface area contributed by atoms with Crippen molar-refractivity contribution in [1.29, 1.82) is 0 Å². The number of esters is 1. The summed E-state index contributed by atoms with van der Waals surface area (Å²) in [6.45, 7) is 9.96. The van der Waals surface area contributed by atoms with Crippen LogP contribution in [0.15, 0.2) is 74.0 Å². The van der Waals surface area contributed by atoms with E-state index in [2.05, 4.69) is 4.99 Å². The quantitative estimate of drug-likeness (QED) is 0.137. The Morgan fingerprint density at radius 3 is 2.48 bits per heavy atom. The zero-order chi connectivity index (χ0) is 31.5. The van der Waals surface area contributed by atoms with Gasteiger partial charge in [-0.3, -0.25) is 19.5 Å². The molecule has 1 aliphatic heterocycles. The molecule has 1 aliphatic rings. The molecule has 0 spiro atoms. The molecule has 5 rings (SSSR count). The molecule has 4 aromatic rings. The van der Waals surface area contributed by atoms with Crippen molar-refractivity contribution in [3.63, 3.8) is 0 Å². The topological polar surface area (TPSA) is 135 Å². The van der Waals surface area contributed by atoms with E-state index in [1.807, 2.05) is 13.8 Å². The first kappa shape index (κ1) is 30.5. The molecule has 2 aromatic heterocycles. The number of fused-ring (bicyclic) bond motifs is 1. The molecule has 2 aromatic carbocycles. The van der Waals surface area contributed by atoms with Crippen LogP contribution in [0.25, 0.3) is 17.4 Å². The number of aryl methyl sites for hydroxylation is 1. The summed E-state index contributed by atoms with van der Waals surface area (Å²) in [6.07, 6.45) is 1.62. The van der Waals surface area contributed by atoms with Gasteiger partial charge in [0, 0.05) is 23.8 Å². The molecule has 0 unspecified atom stereocenters. The number of allylic oxidation sites excluding steroid dienone is 1. The molecule has 0 saturated heterocycles. The summed E-state index contributed by atoms with van der Waals surface area (Å²) in [5.74, 6) is 1.42. The highest BCUT2D eigenvalue weighted by molar-refractivity contribution is 7.07. The van der Waals surface area contributed by atoms with Crippen molar-refractivity contribution >= 4 is 29.1 Å². The highest BCUT2D eigenvalue weighted by Gasteiger charge is 2.34. The Kier molecular flexibility index (Phi) is 8.81. The van der Waals surface area contributed by atoms with Gasteiger partial charge in [0.15, 0.2) is 16.3 Å². The van der Waals surface area contributed by atoms with Crippen molar-refractivity contribution < 1.29 is 28.3 Å². The first-order chi connectivity index (χ1) is 21.2. The van der Waals surface area contributed by atoms with Crippen LogP contribution >= 0.6 is 11.3 Å². The van der Waals surface area contributed by atoms with Crippen LogP contribution in [0, 0.1) is 17.0 Å². The lowest BCUT2D eigenvalue weighted by Crippen LogP contribution is -2.40. The third-order valence-electron chi connectivity index (χ3n) is 6.99. The third kappa shape index (κ3) is 5.80. The van der Waals surface area contributed by atoms with Gasteiger partial charge in [-0.05, 0) is 76.1 Å². The Morgan fingerprint density at radius 1 is 1.05 bits per heavy atom. The van der Waals surface area contributed by atoms with E-state index in [0.717, 1.165) is 0 Å². The summed E-state index contributed by atoms with van der Waals surface area (Å²) in [5, 5.41) is 11.1. The summed E-state index contributed by atoms with van der Waals surface area (Å²) in [7, 11) is 0. The number of carbonyl (C=O) groups is 1. The first-order valence-electron chi connectivity index (χ1n) is 14.1. The first-order valence-corrected chi connectivity index (χ1v) is 14.9. The van der Waals surface area contributed by atoms with Crippen LogP contribution in [0.5, 0.6) is 11.5 Å². The van der Waals surface area contributed by atoms with Crippen molar-refractivity contribution in [3.8, 4) is 22.8 Å². The van der Waals surface area contributed by atoms with Gasteiger partial charge in [-0.25, -0.2) is 9.79 Å². The molecule has 1 atom stereocenters. The normalized spacial score (nSPS) is 14.7.